The Bertz CT molecular complexity index is 246. The summed E-state index contributed by atoms with van der Waals surface area (Å²) < 4.78 is 7.76. The SMILES string of the molecule is [2H]C1C(=O)[C@]2(C)CCC1C2(C)C. The van der Waals surface area contributed by atoms with Crippen molar-refractivity contribution in [3.05, 3.63) is 0 Å². The molecule has 0 aliphatic heterocycles. The second-order valence-corrected chi connectivity index (χ2v) is 4.73. The summed E-state index contributed by atoms with van der Waals surface area (Å²) in [6, 6.07) is 0. The molecule has 2 unspecified atom stereocenters. The first kappa shape index (κ1) is 6.22. The highest BCUT2D eigenvalue weighted by Gasteiger charge is 2.61. The third kappa shape index (κ3) is 0.605. The summed E-state index contributed by atoms with van der Waals surface area (Å²) in [5.74, 6) is 0.499. The first-order valence-corrected chi connectivity index (χ1v) is 4.38. The van der Waals surface area contributed by atoms with Gasteiger partial charge in [0.05, 0.1) is 0 Å². The molecule has 0 aromatic rings. The summed E-state index contributed by atoms with van der Waals surface area (Å²) in [6.07, 6.45) is 1.64. The molecule has 62 valence electrons. The fourth-order valence-corrected chi connectivity index (χ4v) is 2.64. The molecule has 1 heteroatoms. The second-order valence-electron chi connectivity index (χ2n) is 4.73. The van der Waals surface area contributed by atoms with Crippen LogP contribution in [0.5, 0.6) is 0 Å². The van der Waals surface area contributed by atoms with Crippen LogP contribution in [0.15, 0.2) is 0 Å². The zero-order valence-electron chi connectivity index (χ0n) is 8.48. The maximum atomic E-state index is 11.7. The summed E-state index contributed by atoms with van der Waals surface area (Å²) >= 11 is 0. The minimum absolute atomic E-state index is 0.0660. The van der Waals surface area contributed by atoms with Gasteiger partial charge in [-0.2, -0.15) is 0 Å². The van der Waals surface area contributed by atoms with Crippen molar-refractivity contribution in [1.82, 2.24) is 0 Å². The summed E-state index contributed by atoms with van der Waals surface area (Å²) in [6.45, 7) is 6.35. The van der Waals surface area contributed by atoms with Crippen molar-refractivity contribution in [2.24, 2.45) is 16.7 Å². The standard InChI is InChI=1S/C10H16O/c1-9(2)7-4-5-10(9,3)8(11)6-7/h7H,4-6H2,1-3H3/t7?,10-/m0/s1/i6D/t6?,7?,10-. The predicted octanol–water partition coefficient (Wildman–Crippen LogP) is 2.40. The van der Waals surface area contributed by atoms with Gasteiger partial charge < -0.3 is 0 Å². The van der Waals surface area contributed by atoms with Crippen LogP contribution in [0.1, 0.15) is 41.4 Å². The van der Waals surface area contributed by atoms with E-state index in [0.717, 1.165) is 12.8 Å². The Morgan fingerprint density at radius 2 is 2.18 bits per heavy atom. The third-order valence-corrected chi connectivity index (χ3v) is 4.20. The maximum absolute atomic E-state index is 11.7. The van der Waals surface area contributed by atoms with E-state index >= 15 is 0 Å². The normalized spacial score (nSPS) is 54.8. The fraction of sp³-hybridized carbons (Fsp3) is 0.900. The Labute approximate surface area is 69.6 Å². The average molecular weight is 153 g/mol. The van der Waals surface area contributed by atoms with Crippen LogP contribution in [0, 0.1) is 16.7 Å². The number of hydrogen-bond donors (Lipinski definition) is 0. The van der Waals surface area contributed by atoms with Crippen molar-refractivity contribution < 1.29 is 6.17 Å². The van der Waals surface area contributed by atoms with Crippen LogP contribution in [0.2, 0.25) is 0 Å². The van der Waals surface area contributed by atoms with Crippen LogP contribution in [-0.2, 0) is 4.79 Å². The molecule has 2 rings (SSSR count). The van der Waals surface area contributed by atoms with E-state index in [0.29, 0.717) is 5.92 Å². The highest BCUT2D eigenvalue weighted by molar-refractivity contribution is 5.89. The van der Waals surface area contributed by atoms with Gasteiger partial charge in [-0.05, 0) is 24.2 Å². The van der Waals surface area contributed by atoms with Crippen LogP contribution < -0.4 is 0 Å². The van der Waals surface area contributed by atoms with Gasteiger partial charge in [-0.3, -0.25) is 4.79 Å². The van der Waals surface area contributed by atoms with Crippen molar-refractivity contribution in [2.75, 3.05) is 0 Å². The molecule has 2 saturated carbocycles. The molecule has 0 saturated heterocycles. The van der Waals surface area contributed by atoms with Crippen molar-refractivity contribution in [3.8, 4) is 0 Å². The van der Waals surface area contributed by atoms with E-state index in [9.17, 15) is 4.79 Å². The molecular formula is C10H16O. The smallest absolute Gasteiger partial charge is 0.139 e. The number of Topliss-reactive ketones (excluding diaryl/α,β-unsaturated/α-hetero) is 1. The molecule has 0 radical (unpaired) electrons. The lowest BCUT2D eigenvalue weighted by Crippen LogP contribution is -2.32. The third-order valence-electron chi connectivity index (χ3n) is 4.20. The molecule has 0 aromatic heterocycles. The molecule has 1 nitrogen and oxygen atoms in total. The lowest BCUT2D eigenvalue weighted by molar-refractivity contribution is -0.128. The first-order chi connectivity index (χ1) is 5.41. The number of hydrogen-bond acceptors (Lipinski definition) is 1. The highest BCUT2D eigenvalue weighted by atomic mass is 16.1. The van der Waals surface area contributed by atoms with Crippen LogP contribution >= 0.6 is 0 Å². The minimum atomic E-state index is -0.432. The number of rotatable bonds is 0. The Hall–Kier alpha value is -0.330. The zero-order chi connectivity index (χ0) is 9.15. The Morgan fingerprint density at radius 1 is 1.55 bits per heavy atom. The van der Waals surface area contributed by atoms with Gasteiger partial charge in [0.2, 0.25) is 0 Å². The van der Waals surface area contributed by atoms with E-state index < -0.39 is 6.40 Å². The Kier molecular flexibility index (Phi) is 0.961. The van der Waals surface area contributed by atoms with E-state index in [2.05, 4.69) is 13.8 Å². The largest absolute Gasteiger partial charge is 0.299 e. The van der Waals surface area contributed by atoms with Crippen molar-refractivity contribution in [3.63, 3.8) is 0 Å². The van der Waals surface area contributed by atoms with E-state index in [-0.39, 0.29) is 16.6 Å². The van der Waals surface area contributed by atoms with Gasteiger partial charge in [-0.15, -0.1) is 0 Å². The van der Waals surface area contributed by atoms with Crippen molar-refractivity contribution in [1.29, 1.82) is 0 Å². The highest BCUT2D eigenvalue weighted by Crippen LogP contribution is 2.63. The quantitative estimate of drug-likeness (QED) is 0.522. The van der Waals surface area contributed by atoms with Gasteiger partial charge >= 0.3 is 0 Å². The van der Waals surface area contributed by atoms with Gasteiger partial charge in [-0.1, -0.05) is 20.8 Å². The molecule has 0 amide bonds. The zero-order valence-corrected chi connectivity index (χ0v) is 7.48. The molecule has 11 heavy (non-hydrogen) atoms. The van der Waals surface area contributed by atoms with Crippen molar-refractivity contribution >= 4 is 5.78 Å². The lowest BCUT2D eigenvalue weighted by atomic mass is 9.70. The van der Waals surface area contributed by atoms with Crippen LogP contribution in [0.3, 0.4) is 0 Å². The Balaban J connectivity index is 2.50. The molecule has 2 bridgehead atoms. The van der Waals surface area contributed by atoms with Crippen LogP contribution in [-0.4, -0.2) is 5.78 Å². The molecule has 2 aliphatic carbocycles. The van der Waals surface area contributed by atoms with Gasteiger partial charge in [0, 0.05) is 13.2 Å². The number of carbonyl (C=O) groups excluding carboxylic acids is 1. The summed E-state index contributed by atoms with van der Waals surface area (Å²) in [4.78, 5) is 11.7. The molecule has 2 aliphatic rings. The van der Waals surface area contributed by atoms with Gasteiger partial charge in [0.25, 0.3) is 0 Å². The van der Waals surface area contributed by atoms with E-state index in [1.165, 1.54) is 0 Å². The van der Waals surface area contributed by atoms with Crippen molar-refractivity contribution in [2.45, 2.75) is 40.0 Å². The number of fused-ring (bicyclic) bond motifs is 2. The number of carbonyl (C=O) groups is 1. The van der Waals surface area contributed by atoms with Gasteiger partial charge in [0.15, 0.2) is 0 Å². The predicted molar refractivity (Wildman–Crippen MR) is 44.2 cm³/mol. The molecule has 0 heterocycles. The van der Waals surface area contributed by atoms with Gasteiger partial charge in [0.1, 0.15) is 5.78 Å². The molecule has 0 aromatic carbocycles. The van der Waals surface area contributed by atoms with Crippen LogP contribution in [0.25, 0.3) is 0 Å². The Morgan fingerprint density at radius 3 is 2.45 bits per heavy atom. The summed E-state index contributed by atoms with van der Waals surface area (Å²) in [5, 5.41) is 0. The van der Waals surface area contributed by atoms with E-state index in [1.54, 1.807) is 0 Å². The molecule has 0 spiro atoms. The van der Waals surface area contributed by atoms with Gasteiger partial charge in [-0.25, -0.2) is 0 Å². The van der Waals surface area contributed by atoms with Crippen LogP contribution in [0.4, 0.5) is 0 Å². The van der Waals surface area contributed by atoms with E-state index in [1.807, 2.05) is 6.92 Å². The monoisotopic (exact) mass is 153 g/mol. The summed E-state index contributed by atoms with van der Waals surface area (Å²) in [5.41, 5.74) is -0.124. The average Bonchev–Trinajstić information content (AvgIpc) is 2.26. The molecule has 3 atom stereocenters. The maximum Gasteiger partial charge on any atom is 0.139 e. The topological polar surface area (TPSA) is 17.1 Å². The fourth-order valence-electron chi connectivity index (χ4n) is 2.64. The summed E-state index contributed by atoms with van der Waals surface area (Å²) in [7, 11) is 0. The lowest BCUT2D eigenvalue weighted by Gasteiger charge is -2.32. The second kappa shape index (κ2) is 1.70. The minimum Gasteiger partial charge on any atom is -0.299 e. The molecule has 2 fully saturated rings. The molecule has 0 N–H and O–H groups in total. The number of ketones is 1. The van der Waals surface area contributed by atoms with E-state index in [4.69, 9.17) is 1.37 Å². The molecular weight excluding hydrogens is 136 g/mol. The first-order valence-electron chi connectivity index (χ1n) is 4.95.